The summed E-state index contributed by atoms with van der Waals surface area (Å²) >= 11 is 0. The normalized spacial score (nSPS) is 11.8. The van der Waals surface area contributed by atoms with Crippen LogP contribution in [0.4, 0.5) is 13.2 Å². The number of aromatic nitrogens is 1. The summed E-state index contributed by atoms with van der Waals surface area (Å²) in [6.45, 7) is 0. The van der Waals surface area contributed by atoms with Crippen molar-refractivity contribution >= 4 is 12.0 Å². The highest BCUT2D eigenvalue weighted by Gasteiger charge is 2.30. The van der Waals surface area contributed by atoms with Crippen molar-refractivity contribution in [3.63, 3.8) is 0 Å². The Morgan fingerprint density at radius 2 is 1.86 bits per heavy atom. The number of aliphatic carboxylic acids is 1. The minimum Gasteiger partial charge on any atom is -0.478 e. The minimum absolute atomic E-state index is 0.318. The summed E-state index contributed by atoms with van der Waals surface area (Å²) in [5, 5.41) is 8.60. The molecule has 0 saturated carbocycles. The Balaban J connectivity index is 2.24. The second kappa shape index (κ2) is 5.74. The van der Waals surface area contributed by atoms with Crippen LogP contribution >= 0.6 is 0 Å². The fourth-order valence-corrected chi connectivity index (χ4v) is 1.73. The van der Waals surface area contributed by atoms with Crippen LogP contribution in [0, 0.1) is 0 Å². The number of nitrogens with zero attached hydrogens (tertiary/aromatic N) is 1. The van der Waals surface area contributed by atoms with Gasteiger partial charge in [-0.05, 0) is 42.5 Å². The smallest absolute Gasteiger partial charge is 0.478 e. The van der Waals surface area contributed by atoms with E-state index in [9.17, 15) is 18.0 Å². The molecule has 21 heavy (non-hydrogen) atoms. The summed E-state index contributed by atoms with van der Waals surface area (Å²) in [7, 11) is 0. The van der Waals surface area contributed by atoms with E-state index < -0.39 is 12.3 Å². The topological polar surface area (TPSA) is 51.5 Å². The lowest BCUT2D eigenvalue weighted by Crippen LogP contribution is -2.17. The van der Waals surface area contributed by atoms with Gasteiger partial charge in [-0.2, -0.15) is 0 Å². The molecule has 0 spiro atoms. The third-order valence-electron chi connectivity index (χ3n) is 2.53. The lowest BCUT2D eigenvalue weighted by molar-refractivity contribution is -0.274. The zero-order chi connectivity index (χ0) is 15.5. The molecule has 2 aromatic rings. The molecule has 0 amide bonds. The van der Waals surface area contributed by atoms with Crippen LogP contribution in [0.25, 0.3) is 11.8 Å². The van der Waals surface area contributed by atoms with Gasteiger partial charge in [-0.15, -0.1) is 13.2 Å². The average Bonchev–Trinajstić information content (AvgIpc) is 2.83. The Kier molecular flexibility index (Phi) is 4.02. The molecule has 7 heteroatoms. The van der Waals surface area contributed by atoms with Crippen LogP contribution in [0.15, 0.2) is 48.7 Å². The standard InChI is InChI=1S/C14H10F3NO3/c15-14(16,17)21-12-6-3-11(4-7-12)18-9-1-2-10(18)5-8-13(19)20/h1-9H,(H,19,20)/b8-5+. The van der Waals surface area contributed by atoms with Crippen LogP contribution in [-0.4, -0.2) is 22.0 Å². The lowest BCUT2D eigenvalue weighted by Gasteiger charge is -2.10. The number of carbonyl (C=O) groups is 1. The molecule has 0 aliphatic heterocycles. The third kappa shape index (κ3) is 4.13. The predicted molar refractivity (Wildman–Crippen MR) is 69.1 cm³/mol. The Hall–Kier alpha value is -2.70. The second-order valence-electron chi connectivity index (χ2n) is 4.02. The molecule has 2 rings (SSSR count). The van der Waals surface area contributed by atoms with Crippen molar-refractivity contribution in [2.75, 3.05) is 0 Å². The molecule has 1 heterocycles. The van der Waals surface area contributed by atoms with Crippen molar-refractivity contribution in [1.29, 1.82) is 0 Å². The number of alkyl halides is 3. The molecule has 1 N–H and O–H groups in total. The number of carboxylic acids is 1. The number of hydrogen-bond acceptors (Lipinski definition) is 2. The van der Waals surface area contributed by atoms with E-state index in [4.69, 9.17) is 5.11 Å². The van der Waals surface area contributed by atoms with Gasteiger partial charge in [-0.3, -0.25) is 0 Å². The van der Waals surface area contributed by atoms with Crippen LogP contribution < -0.4 is 4.74 Å². The largest absolute Gasteiger partial charge is 0.573 e. The highest BCUT2D eigenvalue weighted by molar-refractivity contribution is 5.85. The van der Waals surface area contributed by atoms with Crippen molar-refractivity contribution in [2.45, 2.75) is 6.36 Å². The molecular formula is C14H10F3NO3. The summed E-state index contributed by atoms with van der Waals surface area (Å²) in [6, 6.07) is 8.64. The van der Waals surface area contributed by atoms with Gasteiger partial charge in [0, 0.05) is 23.7 Å². The molecule has 0 radical (unpaired) electrons. The zero-order valence-corrected chi connectivity index (χ0v) is 10.5. The summed E-state index contributed by atoms with van der Waals surface area (Å²) in [6.07, 6.45) is -0.694. The van der Waals surface area contributed by atoms with Gasteiger partial charge >= 0.3 is 12.3 Å². The van der Waals surface area contributed by atoms with Crippen LogP contribution in [0.1, 0.15) is 5.69 Å². The highest BCUT2D eigenvalue weighted by Crippen LogP contribution is 2.24. The molecule has 0 bridgehead atoms. The molecular weight excluding hydrogens is 287 g/mol. The van der Waals surface area contributed by atoms with Crippen molar-refractivity contribution in [2.24, 2.45) is 0 Å². The first-order valence-electron chi connectivity index (χ1n) is 5.80. The van der Waals surface area contributed by atoms with E-state index in [2.05, 4.69) is 4.74 Å². The summed E-state index contributed by atoms with van der Waals surface area (Å²) < 4.78 is 41.6. The van der Waals surface area contributed by atoms with E-state index in [-0.39, 0.29) is 5.75 Å². The second-order valence-corrected chi connectivity index (χ2v) is 4.02. The summed E-state index contributed by atoms with van der Waals surface area (Å²) in [4.78, 5) is 10.5. The van der Waals surface area contributed by atoms with Crippen molar-refractivity contribution in [3.8, 4) is 11.4 Å². The fourth-order valence-electron chi connectivity index (χ4n) is 1.73. The predicted octanol–water partition coefficient (Wildman–Crippen LogP) is 3.47. The fraction of sp³-hybridized carbons (Fsp3) is 0.0714. The Morgan fingerprint density at radius 3 is 2.43 bits per heavy atom. The Bertz CT molecular complexity index is 657. The number of hydrogen-bond donors (Lipinski definition) is 1. The highest BCUT2D eigenvalue weighted by atomic mass is 19.4. The van der Waals surface area contributed by atoms with Gasteiger partial charge in [-0.25, -0.2) is 4.79 Å². The molecule has 0 aliphatic rings. The molecule has 0 fully saturated rings. The summed E-state index contributed by atoms with van der Waals surface area (Å²) in [5.74, 6) is -1.40. The van der Waals surface area contributed by atoms with Gasteiger partial charge < -0.3 is 14.4 Å². The number of benzene rings is 1. The van der Waals surface area contributed by atoms with Crippen molar-refractivity contribution in [1.82, 2.24) is 4.57 Å². The maximum atomic E-state index is 12.1. The molecule has 110 valence electrons. The lowest BCUT2D eigenvalue weighted by atomic mass is 10.3. The molecule has 0 atom stereocenters. The Morgan fingerprint density at radius 1 is 1.19 bits per heavy atom. The first-order valence-corrected chi connectivity index (χ1v) is 5.80. The first kappa shape index (κ1) is 14.7. The SMILES string of the molecule is O=C(O)/C=C/c1cccn1-c1ccc(OC(F)(F)F)cc1. The van der Waals surface area contributed by atoms with Crippen LogP contribution in [0.2, 0.25) is 0 Å². The van der Waals surface area contributed by atoms with E-state index in [1.807, 2.05) is 0 Å². The van der Waals surface area contributed by atoms with E-state index in [1.54, 1.807) is 22.9 Å². The molecule has 1 aromatic carbocycles. The molecule has 1 aromatic heterocycles. The van der Waals surface area contributed by atoms with E-state index >= 15 is 0 Å². The maximum absolute atomic E-state index is 12.1. The minimum atomic E-state index is -4.73. The van der Waals surface area contributed by atoms with Gasteiger partial charge in [0.2, 0.25) is 0 Å². The summed E-state index contributed by atoms with van der Waals surface area (Å²) in [5.41, 5.74) is 1.17. The number of halogens is 3. The van der Waals surface area contributed by atoms with E-state index in [0.717, 1.165) is 6.08 Å². The monoisotopic (exact) mass is 297 g/mol. The van der Waals surface area contributed by atoms with Gasteiger partial charge in [0.05, 0.1) is 0 Å². The van der Waals surface area contributed by atoms with Crippen molar-refractivity contribution in [3.05, 3.63) is 54.4 Å². The maximum Gasteiger partial charge on any atom is 0.573 e. The molecule has 0 aliphatic carbocycles. The van der Waals surface area contributed by atoms with Gasteiger partial charge in [0.15, 0.2) is 0 Å². The van der Waals surface area contributed by atoms with Crippen LogP contribution in [0.5, 0.6) is 5.75 Å². The Labute approximate surface area is 117 Å². The van der Waals surface area contributed by atoms with Crippen LogP contribution in [0.3, 0.4) is 0 Å². The third-order valence-corrected chi connectivity index (χ3v) is 2.53. The van der Waals surface area contributed by atoms with Gasteiger partial charge in [0.1, 0.15) is 5.75 Å². The van der Waals surface area contributed by atoms with E-state index in [1.165, 1.54) is 30.3 Å². The first-order chi connectivity index (χ1) is 9.85. The quantitative estimate of drug-likeness (QED) is 0.879. The molecule has 4 nitrogen and oxygen atoms in total. The number of ether oxygens (including phenoxy) is 1. The number of rotatable bonds is 4. The average molecular weight is 297 g/mol. The van der Waals surface area contributed by atoms with Gasteiger partial charge in [0.25, 0.3) is 0 Å². The van der Waals surface area contributed by atoms with Crippen LogP contribution in [-0.2, 0) is 4.79 Å². The zero-order valence-electron chi connectivity index (χ0n) is 10.5. The van der Waals surface area contributed by atoms with Crippen molar-refractivity contribution < 1.29 is 27.8 Å². The molecule has 0 unspecified atom stereocenters. The van der Waals surface area contributed by atoms with E-state index in [0.29, 0.717) is 11.4 Å². The number of carboxylic acid groups (broad SMARTS) is 1. The van der Waals surface area contributed by atoms with Gasteiger partial charge in [-0.1, -0.05) is 0 Å². The molecule has 0 saturated heterocycles.